The molecule has 0 aliphatic heterocycles. The molecule has 17 heavy (non-hydrogen) atoms. The highest BCUT2D eigenvalue weighted by Crippen LogP contribution is 2.16. The number of carbonyl (C=O) groups excluding carboxylic acids is 1. The maximum Gasteiger partial charge on any atom is 0.308 e. The normalized spacial score (nSPS) is 11.9. The molecule has 0 heterocycles. The van der Waals surface area contributed by atoms with Gasteiger partial charge in [-0.25, -0.2) is 0 Å². The third kappa shape index (κ3) is 3.48. The molecule has 1 aromatic rings. The molecule has 1 unspecified atom stereocenters. The molecule has 0 bridgehead atoms. The Bertz CT molecular complexity index is 442. The molecular weight excluding hydrogens is 222 g/mol. The van der Waals surface area contributed by atoms with E-state index in [1.807, 2.05) is 0 Å². The van der Waals surface area contributed by atoms with Crippen molar-refractivity contribution in [3.63, 3.8) is 0 Å². The quantitative estimate of drug-likeness (QED) is 0.733. The fraction of sp³-hybridized carbons (Fsp3) is 0.333. The van der Waals surface area contributed by atoms with Crippen LogP contribution in [0.2, 0.25) is 0 Å². The van der Waals surface area contributed by atoms with Gasteiger partial charge in [-0.05, 0) is 30.7 Å². The summed E-state index contributed by atoms with van der Waals surface area (Å²) in [6, 6.07) is 4.48. The van der Waals surface area contributed by atoms with E-state index >= 15 is 0 Å². The zero-order valence-corrected chi connectivity index (χ0v) is 9.73. The molecule has 0 aliphatic carbocycles. The number of nitrogens with one attached hydrogen (secondary N) is 1. The highest BCUT2D eigenvalue weighted by molar-refractivity contribution is 5.94. The number of hydrogen-bond acceptors (Lipinski definition) is 3. The summed E-state index contributed by atoms with van der Waals surface area (Å²) >= 11 is 0. The van der Waals surface area contributed by atoms with Crippen molar-refractivity contribution < 1.29 is 19.8 Å². The molecule has 5 heteroatoms. The molecular formula is C12H15NO4. The average molecular weight is 237 g/mol. The lowest BCUT2D eigenvalue weighted by Crippen LogP contribution is -2.31. The maximum absolute atomic E-state index is 11.6. The molecule has 3 N–H and O–H groups in total. The van der Waals surface area contributed by atoms with Crippen LogP contribution < -0.4 is 5.32 Å². The minimum Gasteiger partial charge on any atom is -0.508 e. The molecule has 0 saturated carbocycles. The fourth-order valence-corrected chi connectivity index (χ4v) is 1.23. The molecule has 1 amide bonds. The van der Waals surface area contributed by atoms with Crippen LogP contribution in [0.3, 0.4) is 0 Å². The second-order valence-electron chi connectivity index (χ2n) is 3.95. The van der Waals surface area contributed by atoms with Gasteiger partial charge < -0.3 is 15.5 Å². The Kier molecular flexibility index (Phi) is 4.09. The van der Waals surface area contributed by atoms with Gasteiger partial charge in [-0.1, -0.05) is 6.92 Å². The second-order valence-corrected chi connectivity index (χ2v) is 3.95. The van der Waals surface area contributed by atoms with Crippen molar-refractivity contribution in [3.8, 4) is 5.75 Å². The van der Waals surface area contributed by atoms with Gasteiger partial charge in [0.2, 0.25) is 0 Å². The van der Waals surface area contributed by atoms with E-state index in [-0.39, 0.29) is 18.2 Å². The number of amides is 1. The summed E-state index contributed by atoms with van der Waals surface area (Å²) in [4.78, 5) is 22.2. The van der Waals surface area contributed by atoms with Crippen LogP contribution in [0.4, 0.5) is 0 Å². The molecule has 1 aromatic carbocycles. The Morgan fingerprint density at radius 2 is 2.06 bits per heavy atom. The maximum atomic E-state index is 11.6. The molecule has 0 aromatic heterocycles. The Balaban J connectivity index is 2.64. The van der Waals surface area contributed by atoms with Crippen LogP contribution in [0.25, 0.3) is 0 Å². The van der Waals surface area contributed by atoms with Crippen molar-refractivity contribution in [3.05, 3.63) is 29.3 Å². The van der Waals surface area contributed by atoms with Crippen LogP contribution in [0.1, 0.15) is 22.8 Å². The van der Waals surface area contributed by atoms with E-state index in [0.29, 0.717) is 11.1 Å². The van der Waals surface area contributed by atoms with E-state index in [4.69, 9.17) is 5.11 Å². The van der Waals surface area contributed by atoms with Crippen molar-refractivity contribution >= 4 is 11.9 Å². The summed E-state index contributed by atoms with van der Waals surface area (Å²) in [6.07, 6.45) is 0. The summed E-state index contributed by atoms with van der Waals surface area (Å²) in [5.74, 6) is -1.80. The summed E-state index contributed by atoms with van der Waals surface area (Å²) in [5, 5.41) is 20.5. The number of rotatable bonds is 4. The molecule has 92 valence electrons. The van der Waals surface area contributed by atoms with Gasteiger partial charge in [0.1, 0.15) is 5.75 Å². The summed E-state index contributed by atoms with van der Waals surface area (Å²) < 4.78 is 0. The molecule has 0 saturated heterocycles. The number of hydrogen-bond donors (Lipinski definition) is 3. The van der Waals surface area contributed by atoms with Gasteiger partial charge in [0, 0.05) is 12.1 Å². The van der Waals surface area contributed by atoms with Gasteiger partial charge in [-0.15, -0.1) is 0 Å². The van der Waals surface area contributed by atoms with Gasteiger partial charge in [-0.2, -0.15) is 0 Å². The third-order valence-corrected chi connectivity index (χ3v) is 2.45. The molecule has 0 radical (unpaired) electrons. The fourth-order valence-electron chi connectivity index (χ4n) is 1.23. The predicted octanol–water partition coefficient (Wildman–Crippen LogP) is 1.15. The monoisotopic (exact) mass is 237 g/mol. The molecule has 0 spiro atoms. The number of aromatic hydroxyl groups is 1. The molecule has 1 atom stereocenters. The van der Waals surface area contributed by atoms with Crippen molar-refractivity contribution in [1.29, 1.82) is 0 Å². The van der Waals surface area contributed by atoms with E-state index in [2.05, 4.69) is 5.32 Å². The number of phenols is 1. The smallest absolute Gasteiger partial charge is 0.308 e. The highest BCUT2D eigenvalue weighted by Gasteiger charge is 2.13. The van der Waals surface area contributed by atoms with Gasteiger partial charge in [0.15, 0.2) is 0 Å². The number of aliphatic carboxylic acids is 1. The van der Waals surface area contributed by atoms with Crippen molar-refractivity contribution in [2.45, 2.75) is 13.8 Å². The lowest BCUT2D eigenvalue weighted by molar-refractivity contribution is -0.140. The zero-order chi connectivity index (χ0) is 13.0. The number of benzene rings is 1. The Hall–Kier alpha value is -2.04. The SMILES string of the molecule is Cc1cc(C(=O)NCC(C)C(=O)O)ccc1O. The Labute approximate surface area is 99.1 Å². The minimum atomic E-state index is -0.952. The first kappa shape index (κ1) is 13.0. The summed E-state index contributed by atoms with van der Waals surface area (Å²) in [5.41, 5.74) is 1.00. The van der Waals surface area contributed by atoms with E-state index in [1.165, 1.54) is 19.1 Å². The van der Waals surface area contributed by atoms with E-state index in [9.17, 15) is 14.7 Å². The Morgan fingerprint density at radius 1 is 1.41 bits per heavy atom. The summed E-state index contributed by atoms with van der Waals surface area (Å²) in [6.45, 7) is 3.28. The van der Waals surface area contributed by atoms with Crippen molar-refractivity contribution in [1.82, 2.24) is 5.32 Å². The van der Waals surface area contributed by atoms with Crippen LogP contribution >= 0.6 is 0 Å². The number of aryl methyl sites for hydroxylation is 1. The first-order chi connectivity index (χ1) is 7.91. The third-order valence-electron chi connectivity index (χ3n) is 2.45. The standard InChI is InChI=1S/C12H15NO4/c1-7-5-9(3-4-10(7)14)11(15)13-6-8(2)12(16)17/h3-5,8,14H,6H2,1-2H3,(H,13,15)(H,16,17). The van der Waals surface area contributed by atoms with Crippen LogP contribution in [0, 0.1) is 12.8 Å². The van der Waals surface area contributed by atoms with Crippen LogP contribution in [0.15, 0.2) is 18.2 Å². The van der Waals surface area contributed by atoms with Gasteiger partial charge in [0.05, 0.1) is 5.92 Å². The first-order valence-corrected chi connectivity index (χ1v) is 5.22. The number of carbonyl (C=O) groups is 2. The van der Waals surface area contributed by atoms with Gasteiger partial charge >= 0.3 is 5.97 Å². The summed E-state index contributed by atoms with van der Waals surface area (Å²) in [7, 11) is 0. The largest absolute Gasteiger partial charge is 0.508 e. The zero-order valence-electron chi connectivity index (χ0n) is 9.73. The van der Waals surface area contributed by atoms with Gasteiger partial charge in [0.25, 0.3) is 5.91 Å². The Morgan fingerprint density at radius 3 is 2.59 bits per heavy atom. The van der Waals surface area contributed by atoms with Crippen LogP contribution in [0.5, 0.6) is 5.75 Å². The molecule has 0 fully saturated rings. The van der Waals surface area contributed by atoms with Crippen LogP contribution in [-0.2, 0) is 4.79 Å². The molecule has 0 aliphatic rings. The lowest BCUT2D eigenvalue weighted by Gasteiger charge is -2.09. The van der Waals surface area contributed by atoms with Crippen LogP contribution in [-0.4, -0.2) is 28.6 Å². The second kappa shape index (κ2) is 5.34. The van der Waals surface area contributed by atoms with Crippen molar-refractivity contribution in [2.24, 2.45) is 5.92 Å². The van der Waals surface area contributed by atoms with E-state index < -0.39 is 11.9 Å². The topological polar surface area (TPSA) is 86.6 Å². The average Bonchev–Trinajstić information content (AvgIpc) is 2.28. The lowest BCUT2D eigenvalue weighted by atomic mass is 10.1. The number of phenolic OH excluding ortho intramolecular Hbond substituents is 1. The molecule has 1 rings (SSSR count). The first-order valence-electron chi connectivity index (χ1n) is 5.22. The highest BCUT2D eigenvalue weighted by atomic mass is 16.4. The van der Waals surface area contributed by atoms with Gasteiger partial charge in [-0.3, -0.25) is 9.59 Å². The van der Waals surface area contributed by atoms with Crippen molar-refractivity contribution in [2.75, 3.05) is 6.54 Å². The van der Waals surface area contributed by atoms with E-state index in [0.717, 1.165) is 0 Å². The minimum absolute atomic E-state index is 0.0775. The number of carboxylic acid groups (broad SMARTS) is 1. The molecule has 5 nitrogen and oxygen atoms in total. The number of carboxylic acids is 1. The van der Waals surface area contributed by atoms with E-state index in [1.54, 1.807) is 13.0 Å². The predicted molar refractivity (Wildman–Crippen MR) is 62.0 cm³/mol.